The number of nitrogens with two attached hydrogens (primary N) is 1. The van der Waals surface area contributed by atoms with E-state index in [1.165, 1.54) is 11.9 Å². The molecule has 8 heteroatoms. The van der Waals surface area contributed by atoms with Crippen LogP contribution in [0.3, 0.4) is 0 Å². The molecule has 0 radical (unpaired) electrons. The number of imidazole rings is 1. The van der Waals surface area contributed by atoms with E-state index in [1.54, 1.807) is 10.8 Å². The first-order valence-corrected chi connectivity index (χ1v) is 11.4. The minimum absolute atomic E-state index is 0.000838. The summed E-state index contributed by atoms with van der Waals surface area (Å²) < 4.78 is 3.81. The lowest BCUT2D eigenvalue weighted by Crippen LogP contribution is -2.15. The zero-order valence-corrected chi connectivity index (χ0v) is 18.9. The smallest absolute Gasteiger partial charge is 0.268 e. The number of amides is 2. The third kappa shape index (κ3) is 5.71. The molecule has 2 heterocycles. The molecule has 0 saturated heterocycles. The molecule has 2 amide bonds. The molecule has 0 aliphatic heterocycles. The van der Waals surface area contributed by atoms with Crippen molar-refractivity contribution in [2.75, 3.05) is 11.9 Å². The normalized spacial score (nSPS) is 12.0. The number of nitrogens with one attached hydrogen (secondary N) is 1. The zero-order valence-electron chi connectivity index (χ0n) is 18.9. The molecule has 2 aromatic heterocycles. The van der Waals surface area contributed by atoms with E-state index < -0.39 is 5.91 Å². The maximum Gasteiger partial charge on any atom is 0.268 e. The summed E-state index contributed by atoms with van der Waals surface area (Å²) in [6.07, 6.45) is 7.83. The van der Waals surface area contributed by atoms with Crippen molar-refractivity contribution >= 4 is 28.4 Å². The van der Waals surface area contributed by atoms with Crippen LogP contribution in [-0.4, -0.2) is 37.6 Å². The number of rotatable bonds is 11. The zero-order chi connectivity index (χ0) is 23.9. The lowest BCUT2D eigenvalue weighted by Gasteiger charge is -2.16. The number of aryl methyl sites for hydroxylation is 2. The van der Waals surface area contributed by atoms with Gasteiger partial charge in [0.25, 0.3) is 5.91 Å². The van der Waals surface area contributed by atoms with Gasteiger partial charge in [0.15, 0.2) is 0 Å². The van der Waals surface area contributed by atoms with Crippen LogP contribution in [0.15, 0.2) is 73.3 Å². The third-order valence-electron chi connectivity index (χ3n) is 5.96. The molecule has 2 aromatic carbocycles. The van der Waals surface area contributed by atoms with Gasteiger partial charge >= 0.3 is 0 Å². The number of aliphatic hydroxyl groups excluding tert-OH is 1. The minimum Gasteiger partial charge on any atom is -0.394 e. The number of primary amides is 1. The van der Waals surface area contributed by atoms with Gasteiger partial charge in [-0.05, 0) is 48.4 Å². The average molecular weight is 460 g/mol. The van der Waals surface area contributed by atoms with Crippen molar-refractivity contribution in [3.8, 4) is 0 Å². The Hall–Kier alpha value is -3.91. The van der Waals surface area contributed by atoms with Crippen LogP contribution >= 0.6 is 0 Å². The van der Waals surface area contributed by atoms with Crippen molar-refractivity contribution in [3.05, 3.63) is 84.6 Å². The van der Waals surface area contributed by atoms with E-state index in [1.807, 2.05) is 48.7 Å². The number of fused-ring (bicyclic) bond motifs is 1. The number of hydrogen-bond donors (Lipinski definition) is 3. The van der Waals surface area contributed by atoms with Gasteiger partial charge in [-0.2, -0.15) is 0 Å². The number of aromatic nitrogens is 3. The van der Waals surface area contributed by atoms with Gasteiger partial charge in [-0.25, -0.2) is 4.98 Å². The molecule has 0 bridgehead atoms. The van der Waals surface area contributed by atoms with Gasteiger partial charge < -0.3 is 25.3 Å². The van der Waals surface area contributed by atoms with Crippen molar-refractivity contribution in [1.82, 2.24) is 14.1 Å². The van der Waals surface area contributed by atoms with Crippen molar-refractivity contribution < 1.29 is 14.7 Å². The number of benzene rings is 2. The summed E-state index contributed by atoms with van der Waals surface area (Å²) in [6.45, 7) is 0.561. The van der Waals surface area contributed by atoms with Crippen molar-refractivity contribution in [3.63, 3.8) is 0 Å². The second-order valence-electron chi connectivity index (χ2n) is 8.37. The molecule has 1 atom stereocenters. The number of aliphatic hydroxyl groups is 1. The summed E-state index contributed by atoms with van der Waals surface area (Å²) in [5.41, 5.74) is 8.44. The Kier molecular flexibility index (Phi) is 7.39. The molecule has 34 heavy (non-hydrogen) atoms. The highest BCUT2D eigenvalue weighted by Crippen LogP contribution is 2.23. The quantitative estimate of drug-likeness (QED) is 0.318. The highest BCUT2D eigenvalue weighted by molar-refractivity contribution is 5.93. The van der Waals surface area contributed by atoms with Crippen LogP contribution in [0, 0.1) is 0 Å². The molecule has 0 fully saturated rings. The summed E-state index contributed by atoms with van der Waals surface area (Å²) in [5, 5.41) is 13.9. The highest BCUT2D eigenvalue weighted by atomic mass is 16.3. The average Bonchev–Trinajstić information content (AvgIpc) is 3.48. The summed E-state index contributed by atoms with van der Waals surface area (Å²) in [5.74, 6) is -0.597. The van der Waals surface area contributed by atoms with Crippen LogP contribution in [-0.2, 0) is 17.8 Å². The first-order valence-electron chi connectivity index (χ1n) is 11.4. The fraction of sp³-hybridized carbons (Fsp3) is 0.269. The van der Waals surface area contributed by atoms with Crippen LogP contribution in [0.4, 0.5) is 5.69 Å². The van der Waals surface area contributed by atoms with E-state index >= 15 is 0 Å². The molecule has 0 saturated carbocycles. The van der Waals surface area contributed by atoms with Gasteiger partial charge in [-0.1, -0.05) is 36.4 Å². The lowest BCUT2D eigenvalue weighted by molar-refractivity contribution is -0.116. The molecular weight excluding hydrogens is 430 g/mol. The van der Waals surface area contributed by atoms with Crippen LogP contribution in [0.25, 0.3) is 10.9 Å². The van der Waals surface area contributed by atoms with Gasteiger partial charge in [0.05, 0.1) is 24.5 Å². The Morgan fingerprint density at radius 1 is 1.12 bits per heavy atom. The monoisotopic (exact) mass is 459 g/mol. The van der Waals surface area contributed by atoms with Gasteiger partial charge in [0.2, 0.25) is 5.91 Å². The second kappa shape index (κ2) is 10.8. The highest BCUT2D eigenvalue weighted by Gasteiger charge is 2.14. The van der Waals surface area contributed by atoms with Gasteiger partial charge in [-0.3, -0.25) is 9.59 Å². The van der Waals surface area contributed by atoms with E-state index in [9.17, 15) is 14.7 Å². The Balaban J connectivity index is 1.36. The van der Waals surface area contributed by atoms with E-state index in [2.05, 4.69) is 27.0 Å². The Labute approximate surface area is 198 Å². The third-order valence-corrected chi connectivity index (χ3v) is 5.96. The van der Waals surface area contributed by atoms with Crippen molar-refractivity contribution in [2.24, 2.45) is 5.73 Å². The number of anilines is 1. The first-order chi connectivity index (χ1) is 16.5. The number of hydrogen-bond acceptors (Lipinski definition) is 4. The number of nitrogens with zero attached hydrogens (tertiary/aromatic N) is 3. The predicted molar refractivity (Wildman–Crippen MR) is 131 cm³/mol. The molecular formula is C26H29N5O3. The fourth-order valence-corrected chi connectivity index (χ4v) is 4.06. The Bertz CT molecular complexity index is 1260. The first kappa shape index (κ1) is 23.3. The Morgan fingerprint density at radius 2 is 1.94 bits per heavy atom. The van der Waals surface area contributed by atoms with E-state index in [0.717, 1.165) is 29.4 Å². The molecule has 8 nitrogen and oxygen atoms in total. The molecule has 0 aliphatic rings. The SMILES string of the molecule is NC(=O)c1cn(C(CO)CCn2ccc3ccc(NC(=O)CCCc4ccccc4)cc32)cn1. The summed E-state index contributed by atoms with van der Waals surface area (Å²) in [7, 11) is 0. The van der Waals surface area contributed by atoms with Gasteiger partial charge in [0.1, 0.15) is 5.69 Å². The predicted octanol–water partition coefficient (Wildman–Crippen LogP) is 3.52. The topological polar surface area (TPSA) is 115 Å². The lowest BCUT2D eigenvalue weighted by atomic mass is 10.1. The molecule has 4 N–H and O–H groups in total. The van der Waals surface area contributed by atoms with Crippen molar-refractivity contribution in [2.45, 2.75) is 38.3 Å². The summed E-state index contributed by atoms with van der Waals surface area (Å²) in [4.78, 5) is 27.7. The van der Waals surface area contributed by atoms with Crippen LogP contribution < -0.4 is 11.1 Å². The maximum absolute atomic E-state index is 12.4. The second-order valence-corrected chi connectivity index (χ2v) is 8.37. The van der Waals surface area contributed by atoms with Gasteiger partial charge in [0, 0.05) is 31.0 Å². The number of carbonyl (C=O) groups is 2. The van der Waals surface area contributed by atoms with Crippen LogP contribution in [0.5, 0.6) is 0 Å². The van der Waals surface area contributed by atoms with E-state index in [-0.39, 0.29) is 24.2 Å². The van der Waals surface area contributed by atoms with E-state index in [4.69, 9.17) is 5.73 Å². The minimum atomic E-state index is -0.596. The summed E-state index contributed by atoms with van der Waals surface area (Å²) in [6, 6.07) is 17.8. The van der Waals surface area contributed by atoms with Crippen molar-refractivity contribution in [1.29, 1.82) is 0 Å². The van der Waals surface area contributed by atoms with Gasteiger partial charge in [-0.15, -0.1) is 0 Å². The molecule has 1 unspecified atom stereocenters. The molecule has 0 aliphatic carbocycles. The maximum atomic E-state index is 12.4. The van der Waals surface area contributed by atoms with E-state index in [0.29, 0.717) is 19.4 Å². The molecule has 0 spiro atoms. The fourth-order valence-electron chi connectivity index (χ4n) is 4.06. The Morgan fingerprint density at radius 3 is 2.68 bits per heavy atom. The molecule has 4 aromatic rings. The standard InChI is InChI=1S/C26H29N5O3/c27-26(34)23-16-31(18-28-23)22(17-32)12-14-30-13-11-20-9-10-21(15-24(20)30)29-25(33)8-4-7-19-5-2-1-3-6-19/h1-3,5-6,9-11,13,15-16,18,22,32H,4,7-8,12,14,17H2,(H2,27,34)(H,29,33). The largest absolute Gasteiger partial charge is 0.394 e. The van der Waals surface area contributed by atoms with Crippen LogP contribution in [0.2, 0.25) is 0 Å². The number of carbonyl (C=O) groups excluding carboxylic acids is 2. The van der Waals surface area contributed by atoms with Crippen LogP contribution in [0.1, 0.15) is 41.4 Å². The molecule has 4 rings (SSSR count). The molecule has 176 valence electrons. The summed E-state index contributed by atoms with van der Waals surface area (Å²) >= 11 is 0.